The van der Waals surface area contributed by atoms with E-state index in [1.165, 1.54) is 11.1 Å². The second-order valence-corrected chi connectivity index (χ2v) is 6.34. The van der Waals surface area contributed by atoms with Crippen LogP contribution in [-0.4, -0.2) is 40.4 Å². The Hall–Kier alpha value is -2.96. The highest BCUT2D eigenvalue weighted by atomic mass is 16.5. The van der Waals surface area contributed by atoms with E-state index < -0.39 is 0 Å². The molecule has 0 fully saturated rings. The third-order valence-electron chi connectivity index (χ3n) is 3.65. The first-order valence-electron chi connectivity index (χ1n) is 8.14. The van der Waals surface area contributed by atoms with Gasteiger partial charge in [-0.3, -0.25) is 0 Å². The molecule has 1 aromatic carbocycles. The standard InChI is InChI=1S/C18H22N6O/c1-12-8-13(2)10-15(9-12)25-14(3)16-6-7-19-18-21-17(22-24(16)18)20-11-23(4)5/h6-11,14H,1-5H3/p+1/t14-/m0/s1. The Morgan fingerprint density at radius 1 is 1.24 bits per heavy atom. The van der Waals surface area contributed by atoms with Crippen LogP contribution in [0.15, 0.2) is 35.5 Å². The highest BCUT2D eigenvalue weighted by Gasteiger charge is 2.20. The molecule has 0 amide bonds. The molecule has 0 radical (unpaired) electrons. The fourth-order valence-corrected chi connectivity index (χ4v) is 2.65. The normalized spacial score (nSPS) is 12.7. The molecule has 0 aliphatic carbocycles. The Kier molecular flexibility index (Phi) is 4.65. The number of hydrogen-bond donors (Lipinski definition) is 1. The smallest absolute Gasteiger partial charge is 0.459 e. The molecule has 0 bridgehead atoms. The molecule has 7 heteroatoms. The number of aryl methyl sites for hydroxylation is 2. The van der Waals surface area contributed by atoms with E-state index in [9.17, 15) is 0 Å². The lowest BCUT2D eigenvalue weighted by Crippen LogP contribution is -2.32. The van der Waals surface area contributed by atoms with E-state index in [0.717, 1.165) is 11.4 Å². The van der Waals surface area contributed by atoms with Gasteiger partial charge in [-0.1, -0.05) is 11.1 Å². The summed E-state index contributed by atoms with van der Waals surface area (Å²) in [6.07, 6.45) is 3.24. The maximum Gasteiger partial charge on any atom is 0.459 e. The zero-order chi connectivity index (χ0) is 18.0. The molecule has 2 heterocycles. The van der Waals surface area contributed by atoms with Crippen molar-refractivity contribution in [1.29, 1.82) is 0 Å². The van der Waals surface area contributed by atoms with Gasteiger partial charge in [0.2, 0.25) is 0 Å². The Morgan fingerprint density at radius 3 is 2.64 bits per heavy atom. The largest absolute Gasteiger partial charge is 0.483 e. The van der Waals surface area contributed by atoms with Gasteiger partial charge in [-0.05, 0) is 49.0 Å². The Balaban J connectivity index is 1.91. The lowest BCUT2D eigenvalue weighted by molar-refractivity contribution is -0.591. The lowest BCUT2D eigenvalue weighted by Gasteiger charge is -2.14. The van der Waals surface area contributed by atoms with Gasteiger partial charge in [-0.25, -0.2) is 0 Å². The second-order valence-electron chi connectivity index (χ2n) is 6.34. The molecule has 3 rings (SSSR count). The first kappa shape index (κ1) is 16.9. The van der Waals surface area contributed by atoms with Crippen molar-refractivity contribution in [1.82, 2.24) is 20.0 Å². The summed E-state index contributed by atoms with van der Waals surface area (Å²) in [5.41, 5.74) is 3.27. The van der Waals surface area contributed by atoms with E-state index in [4.69, 9.17) is 4.74 Å². The maximum absolute atomic E-state index is 6.13. The minimum absolute atomic E-state index is 0.178. The Labute approximate surface area is 147 Å². The van der Waals surface area contributed by atoms with Gasteiger partial charge in [0, 0.05) is 20.2 Å². The summed E-state index contributed by atoms with van der Waals surface area (Å²) in [5.74, 6) is 1.90. The molecule has 2 aromatic heterocycles. The predicted molar refractivity (Wildman–Crippen MR) is 96.3 cm³/mol. The van der Waals surface area contributed by atoms with E-state index >= 15 is 0 Å². The maximum atomic E-state index is 6.13. The van der Waals surface area contributed by atoms with Gasteiger partial charge in [0.15, 0.2) is 6.10 Å². The van der Waals surface area contributed by atoms with Gasteiger partial charge in [-0.15, -0.1) is 4.52 Å². The number of aromatic amines is 1. The molecular formula is C18H23N6O+. The van der Waals surface area contributed by atoms with Crippen molar-refractivity contribution >= 4 is 18.1 Å². The molecule has 0 spiro atoms. The van der Waals surface area contributed by atoms with E-state index in [1.807, 2.05) is 44.1 Å². The van der Waals surface area contributed by atoms with Crippen molar-refractivity contribution in [3.63, 3.8) is 0 Å². The number of benzene rings is 1. The molecule has 0 aliphatic rings. The third kappa shape index (κ3) is 3.93. The highest BCUT2D eigenvalue weighted by molar-refractivity contribution is 5.57. The first-order chi connectivity index (χ1) is 11.9. The molecule has 0 saturated heterocycles. The quantitative estimate of drug-likeness (QED) is 0.440. The number of H-pyrrole nitrogens is 1. The summed E-state index contributed by atoms with van der Waals surface area (Å²) in [6.45, 7) is 6.13. The van der Waals surface area contributed by atoms with Crippen molar-refractivity contribution < 1.29 is 9.25 Å². The molecule has 0 saturated carbocycles. The van der Waals surface area contributed by atoms with E-state index in [0.29, 0.717) is 11.7 Å². The second kappa shape index (κ2) is 6.88. The molecule has 0 unspecified atom stereocenters. The average Bonchev–Trinajstić information content (AvgIpc) is 2.94. The van der Waals surface area contributed by atoms with E-state index in [2.05, 4.69) is 40.0 Å². The van der Waals surface area contributed by atoms with Gasteiger partial charge < -0.3 is 9.64 Å². The molecular weight excluding hydrogens is 316 g/mol. The van der Waals surface area contributed by atoms with Gasteiger partial charge in [0.05, 0.1) is 6.34 Å². The minimum Gasteiger partial charge on any atom is -0.483 e. The minimum atomic E-state index is -0.178. The number of aromatic nitrogens is 4. The van der Waals surface area contributed by atoms with Crippen molar-refractivity contribution in [3.8, 4) is 5.75 Å². The average molecular weight is 339 g/mol. The molecule has 3 aromatic rings. The number of nitrogens with zero attached hydrogens (tertiary/aromatic N) is 5. The van der Waals surface area contributed by atoms with Crippen LogP contribution in [-0.2, 0) is 0 Å². The van der Waals surface area contributed by atoms with Crippen molar-refractivity contribution in [2.24, 2.45) is 4.99 Å². The number of nitrogens with one attached hydrogen (secondary N) is 1. The van der Waals surface area contributed by atoms with Crippen LogP contribution in [0.2, 0.25) is 0 Å². The molecule has 130 valence electrons. The van der Waals surface area contributed by atoms with Crippen LogP contribution in [0.5, 0.6) is 5.75 Å². The van der Waals surface area contributed by atoms with Crippen LogP contribution < -0.4 is 9.25 Å². The van der Waals surface area contributed by atoms with Crippen LogP contribution in [0, 0.1) is 13.8 Å². The SMILES string of the molecule is Cc1cc(C)cc(O[C@@H](C)c2ccnc3nc(N=CN(C)C)[nH][n+]23)c1. The van der Waals surface area contributed by atoms with Crippen molar-refractivity contribution in [2.45, 2.75) is 26.9 Å². The van der Waals surface area contributed by atoms with E-state index in [-0.39, 0.29) is 6.10 Å². The van der Waals surface area contributed by atoms with Gasteiger partial charge in [0.1, 0.15) is 17.6 Å². The van der Waals surface area contributed by atoms with E-state index in [1.54, 1.807) is 17.1 Å². The molecule has 1 atom stereocenters. The fraction of sp³-hybridized carbons (Fsp3) is 0.333. The number of hydrogen-bond acceptors (Lipinski definition) is 4. The van der Waals surface area contributed by atoms with Crippen molar-refractivity contribution in [3.05, 3.63) is 47.3 Å². The summed E-state index contributed by atoms with van der Waals surface area (Å²) >= 11 is 0. The number of aliphatic imine (C=N–C) groups is 1. The van der Waals surface area contributed by atoms with Gasteiger partial charge >= 0.3 is 11.7 Å². The van der Waals surface area contributed by atoms with Crippen molar-refractivity contribution in [2.75, 3.05) is 14.1 Å². The lowest BCUT2D eigenvalue weighted by atomic mass is 10.1. The number of fused-ring (bicyclic) bond motifs is 1. The van der Waals surface area contributed by atoms with Gasteiger partial charge in [-0.2, -0.15) is 10.1 Å². The molecule has 1 N–H and O–H groups in total. The summed E-state index contributed by atoms with van der Waals surface area (Å²) in [5, 5.41) is 3.15. The summed E-state index contributed by atoms with van der Waals surface area (Å²) in [4.78, 5) is 14.8. The fourth-order valence-electron chi connectivity index (χ4n) is 2.65. The zero-order valence-corrected chi connectivity index (χ0v) is 15.2. The first-order valence-corrected chi connectivity index (χ1v) is 8.14. The topological polar surface area (TPSA) is 70.5 Å². The monoisotopic (exact) mass is 339 g/mol. The Morgan fingerprint density at radius 2 is 1.96 bits per heavy atom. The molecule has 0 aliphatic heterocycles. The highest BCUT2D eigenvalue weighted by Crippen LogP contribution is 2.22. The summed E-state index contributed by atoms with van der Waals surface area (Å²) in [6, 6.07) is 8.11. The predicted octanol–water partition coefficient (Wildman–Crippen LogP) is 2.52. The molecule has 25 heavy (non-hydrogen) atoms. The molecule has 7 nitrogen and oxygen atoms in total. The third-order valence-corrected chi connectivity index (χ3v) is 3.65. The Bertz CT molecular complexity index is 895. The van der Waals surface area contributed by atoms with Crippen LogP contribution in [0.4, 0.5) is 5.95 Å². The van der Waals surface area contributed by atoms with Gasteiger partial charge in [0.25, 0.3) is 0 Å². The summed E-state index contributed by atoms with van der Waals surface area (Å²) < 4.78 is 7.94. The number of ether oxygens (including phenoxy) is 1. The van der Waals surface area contributed by atoms with Crippen LogP contribution >= 0.6 is 0 Å². The van der Waals surface area contributed by atoms with Crippen LogP contribution in [0.25, 0.3) is 5.78 Å². The summed E-state index contributed by atoms with van der Waals surface area (Å²) in [7, 11) is 3.81. The van der Waals surface area contributed by atoms with Crippen LogP contribution in [0.3, 0.4) is 0 Å². The number of rotatable bonds is 5. The van der Waals surface area contributed by atoms with Crippen LogP contribution in [0.1, 0.15) is 29.8 Å². The zero-order valence-electron chi connectivity index (χ0n) is 15.2.